The molecule has 0 aromatic carbocycles. The maximum absolute atomic E-state index is 11.6. The van der Waals surface area contributed by atoms with Crippen LogP contribution in [-0.4, -0.2) is 45.0 Å². The van der Waals surface area contributed by atoms with E-state index in [1.807, 2.05) is 6.92 Å². The van der Waals surface area contributed by atoms with E-state index in [2.05, 4.69) is 10.6 Å². The van der Waals surface area contributed by atoms with E-state index in [0.717, 1.165) is 32.4 Å². The zero-order valence-corrected chi connectivity index (χ0v) is 11.2. The fourth-order valence-corrected chi connectivity index (χ4v) is 3.16. The molecule has 2 N–H and O–H groups in total. The molecule has 100 valence electrons. The zero-order chi connectivity index (χ0) is 12.7. The first-order valence-corrected chi connectivity index (χ1v) is 8.06. The highest BCUT2D eigenvalue weighted by Gasteiger charge is 2.20. The monoisotopic (exact) mass is 262 g/mol. The maximum Gasteiger partial charge on any atom is 0.235 e. The Bertz CT molecular complexity index is 335. The lowest BCUT2D eigenvalue weighted by Crippen LogP contribution is -2.40. The minimum Gasteiger partial charge on any atom is -0.351 e. The second kappa shape index (κ2) is 6.96. The Morgan fingerprint density at radius 2 is 2.18 bits per heavy atom. The molecular weight excluding hydrogens is 240 g/mol. The maximum atomic E-state index is 11.6. The van der Waals surface area contributed by atoms with Crippen molar-refractivity contribution in [2.45, 2.75) is 38.6 Å². The average Bonchev–Trinajstić information content (AvgIpc) is 2.69. The van der Waals surface area contributed by atoms with E-state index < -0.39 is 9.84 Å². The van der Waals surface area contributed by atoms with Crippen LogP contribution in [0.5, 0.6) is 0 Å². The Morgan fingerprint density at radius 1 is 1.41 bits per heavy atom. The molecule has 0 radical (unpaired) electrons. The van der Waals surface area contributed by atoms with Gasteiger partial charge in [0, 0.05) is 12.6 Å². The lowest BCUT2D eigenvalue weighted by molar-refractivity contribution is -0.119. The molecule has 0 bridgehead atoms. The predicted octanol–water partition coefficient (Wildman–Crippen LogP) is 0.0695. The summed E-state index contributed by atoms with van der Waals surface area (Å²) in [4.78, 5) is 11.5. The number of sulfone groups is 1. The standard InChI is InChI=1S/C11H22N2O3S/c1-2-3-4-7-17(15,16)9-11(14)13-10-5-6-12-8-10/h10,12H,2-9H2,1H3,(H,13,14). The summed E-state index contributed by atoms with van der Waals surface area (Å²) in [5.41, 5.74) is 0. The van der Waals surface area contributed by atoms with Gasteiger partial charge >= 0.3 is 0 Å². The number of hydrogen-bond donors (Lipinski definition) is 2. The van der Waals surface area contributed by atoms with Gasteiger partial charge in [0.25, 0.3) is 0 Å². The molecule has 0 aliphatic carbocycles. The van der Waals surface area contributed by atoms with Crippen LogP contribution < -0.4 is 10.6 Å². The van der Waals surface area contributed by atoms with Gasteiger partial charge in [0.15, 0.2) is 9.84 Å². The SMILES string of the molecule is CCCCCS(=O)(=O)CC(=O)NC1CCNC1. The van der Waals surface area contributed by atoms with Crippen LogP contribution in [0.4, 0.5) is 0 Å². The number of carbonyl (C=O) groups excluding carboxylic acids is 1. The molecule has 1 atom stereocenters. The number of nitrogens with one attached hydrogen (secondary N) is 2. The van der Waals surface area contributed by atoms with Crippen LogP contribution in [0.3, 0.4) is 0 Å². The third-order valence-electron chi connectivity index (χ3n) is 2.84. The second-order valence-corrected chi connectivity index (χ2v) is 6.74. The molecule has 0 spiro atoms. The Hall–Kier alpha value is -0.620. The molecule has 1 heterocycles. The normalized spacial score (nSPS) is 20.4. The summed E-state index contributed by atoms with van der Waals surface area (Å²) in [6.45, 7) is 3.64. The predicted molar refractivity (Wildman–Crippen MR) is 67.6 cm³/mol. The Kier molecular flexibility index (Phi) is 5.91. The number of amides is 1. The minimum atomic E-state index is -3.23. The van der Waals surface area contributed by atoms with E-state index in [1.54, 1.807) is 0 Å². The molecular formula is C11H22N2O3S. The molecule has 0 aromatic heterocycles. The van der Waals surface area contributed by atoms with Crippen molar-refractivity contribution in [3.63, 3.8) is 0 Å². The first kappa shape index (κ1) is 14.4. The Morgan fingerprint density at radius 3 is 2.76 bits per heavy atom. The van der Waals surface area contributed by atoms with E-state index in [4.69, 9.17) is 0 Å². The van der Waals surface area contributed by atoms with Gasteiger partial charge < -0.3 is 10.6 Å². The van der Waals surface area contributed by atoms with Gasteiger partial charge in [-0.05, 0) is 19.4 Å². The van der Waals surface area contributed by atoms with Crippen LogP contribution in [0.25, 0.3) is 0 Å². The minimum absolute atomic E-state index is 0.0911. The molecule has 1 rings (SSSR count). The van der Waals surface area contributed by atoms with Crippen molar-refractivity contribution in [1.82, 2.24) is 10.6 Å². The highest BCUT2D eigenvalue weighted by molar-refractivity contribution is 7.92. The van der Waals surface area contributed by atoms with Gasteiger partial charge in [-0.3, -0.25) is 4.79 Å². The largest absolute Gasteiger partial charge is 0.351 e. The summed E-state index contributed by atoms with van der Waals surface area (Å²) >= 11 is 0. The first-order valence-electron chi connectivity index (χ1n) is 6.24. The van der Waals surface area contributed by atoms with Crippen molar-refractivity contribution in [2.24, 2.45) is 0 Å². The third-order valence-corrected chi connectivity index (χ3v) is 4.45. The van der Waals surface area contributed by atoms with Gasteiger partial charge in [0.2, 0.25) is 5.91 Å². The summed E-state index contributed by atoms with van der Waals surface area (Å²) in [5.74, 6) is -0.611. The van der Waals surface area contributed by atoms with Crippen molar-refractivity contribution in [3.8, 4) is 0 Å². The molecule has 1 aliphatic heterocycles. The van der Waals surface area contributed by atoms with Gasteiger partial charge in [-0.1, -0.05) is 19.8 Å². The summed E-state index contributed by atoms with van der Waals surface area (Å²) in [7, 11) is -3.23. The number of unbranched alkanes of at least 4 members (excludes halogenated alkanes) is 2. The molecule has 0 aromatic rings. The average molecular weight is 262 g/mol. The molecule has 0 saturated carbocycles. The molecule has 1 fully saturated rings. The van der Waals surface area contributed by atoms with Crippen molar-refractivity contribution < 1.29 is 13.2 Å². The fraction of sp³-hybridized carbons (Fsp3) is 0.909. The molecule has 1 saturated heterocycles. The summed E-state index contributed by atoms with van der Waals surface area (Å²) in [5, 5.41) is 5.86. The van der Waals surface area contributed by atoms with Crippen molar-refractivity contribution in [1.29, 1.82) is 0 Å². The Labute approximate surface area is 103 Å². The summed E-state index contributed by atoms with van der Waals surface area (Å²) < 4.78 is 23.2. The van der Waals surface area contributed by atoms with Crippen LogP contribution in [0.2, 0.25) is 0 Å². The van der Waals surface area contributed by atoms with E-state index in [-0.39, 0.29) is 23.5 Å². The second-order valence-electron chi connectivity index (χ2n) is 4.56. The molecule has 6 heteroatoms. The zero-order valence-electron chi connectivity index (χ0n) is 10.4. The third kappa shape index (κ3) is 6.02. The molecule has 17 heavy (non-hydrogen) atoms. The van der Waals surface area contributed by atoms with Gasteiger partial charge in [0.05, 0.1) is 5.75 Å². The van der Waals surface area contributed by atoms with Crippen LogP contribution in [0.15, 0.2) is 0 Å². The molecule has 1 aliphatic rings. The Balaban J connectivity index is 2.28. The van der Waals surface area contributed by atoms with Gasteiger partial charge in [-0.2, -0.15) is 0 Å². The van der Waals surface area contributed by atoms with Crippen molar-refractivity contribution in [3.05, 3.63) is 0 Å². The van der Waals surface area contributed by atoms with Gasteiger partial charge in [0.1, 0.15) is 5.75 Å². The fourth-order valence-electron chi connectivity index (χ4n) is 1.89. The first-order chi connectivity index (χ1) is 8.03. The summed E-state index contributed by atoms with van der Waals surface area (Å²) in [6.07, 6.45) is 3.40. The van der Waals surface area contributed by atoms with Gasteiger partial charge in [-0.25, -0.2) is 8.42 Å². The van der Waals surface area contributed by atoms with E-state index >= 15 is 0 Å². The van der Waals surface area contributed by atoms with Crippen molar-refractivity contribution >= 4 is 15.7 Å². The van der Waals surface area contributed by atoms with Crippen molar-refractivity contribution in [2.75, 3.05) is 24.6 Å². The smallest absolute Gasteiger partial charge is 0.235 e. The van der Waals surface area contributed by atoms with Crippen LogP contribution in [-0.2, 0) is 14.6 Å². The highest BCUT2D eigenvalue weighted by atomic mass is 32.2. The quantitative estimate of drug-likeness (QED) is 0.637. The molecule has 1 unspecified atom stereocenters. The lowest BCUT2D eigenvalue weighted by Gasteiger charge is -2.11. The molecule has 5 nitrogen and oxygen atoms in total. The highest BCUT2D eigenvalue weighted by Crippen LogP contribution is 2.01. The topological polar surface area (TPSA) is 75.3 Å². The van der Waals surface area contributed by atoms with Crippen LogP contribution >= 0.6 is 0 Å². The number of hydrogen-bond acceptors (Lipinski definition) is 4. The number of carbonyl (C=O) groups is 1. The molecule has 1 amide bonds. The van der Waals surface area contributed by atoms with Crippen LogP contribution in [0, 0.1) is 0 Å². The summed E-state index contributed by atoms with van der Waals surface area (Å²) in [6, 6.07) is 0.0911. The van der Waals surface area contributed by atoms with E-state index in [0.29, 0.717) is 6.42 Å². The van der Waals surface area contributed by atoms with E-state index in [1.165, 1.54) is 0 Å². The van der Waals surface area contributed by atoms with E-state index in [9.17, 15) is 13.2 Å². The lowest BCUT2D eigenvalue weighted by atomic mass is 10.3. The van der Waals surface area contributed by atoms with Crippen LogP contribution in [0.1, 0.15) is 32.6 Å². The number of rotatable bonds is 7. The van der Waals surface area contributed by atoms with Gasteiger partial charge in [-0.15, -0.1) is 0 Å².